The second kappa shape index (κ2) is 10.0. The van der Waals surface area contributed by atoms with E-state index in [-0.39, 0.29) is 11.5 Å². The van der Waals surface area contributed by atoms with E-state index in [1.54, 1.807) is 41.3 Å². The Hall–Kier alpha value is -3.61. The van der Waals surface area contributed by atoms with E-state index in [0.717, 1.165) is 30.0 Å². The minimum atomic E-state index is -4.54. The molecular weight excluding hydrogens is 477 g/mol. The van der Waals surface area contributed by atoms with Crippen LogP contribution in [0.1, 0.15) is 58.3 Å². The molecule has 37 heavy (non-hydrogen) atoms. The van der Waals surface area contributed by atoms with Crippen LogP contribution in [-0.4, -0.2) is 22.9 Å². The highest BCUT2D eigenvalue weighted by Crippen LogP contribution is 2.39. The summed E-state index contributed by atoms with van der Waals surface area (Å²) in [7, 11) is 0. The van der Waals surface area contributed by atoms with Gasteiger partial charge in [0.25, 0.3) is 5.91 Å². The topological polar surface area (TPSA) is 49.4 Å². The monoisotopic (exact) mass is 506 g/mol. The molecule has 1 saturated carbocycles. The van der Waals surface area contributed by atoms with Gasteiger partial charge in [0.15, 0.2) is 0 Å². The number of halogens is 3. The molecule has 0 unspecified atom stereocenters. The number of carbonyl (C=O) groups excluding carboxylic acids is 2. The minimum absolute atomic E-state index is 0.0634. The third-order valence-corrected chi connectivity index (χ3v) is 7.32. The van der Waals surface area contributed by atoms with Gasteiger partial charge < -0.3 is 10.2 Å². The fourth-order valence-electron chi connectivity index (χ4n) is 5.00. The number of rotatable bonds is 8. The van der Waals surface area contributed by atoms with Gasteiger partial charge in [-0.15, -0.1) is 0 Å². The summed E-state index contributed by atoms with van der Waals surface area (Å²) in [5.74, 6) is -3.37. The van der Waals surface area contributed by atoms with E-state index in [4.69, 9.17) is 0 Å². The number of carbonyl (C=O) groups is 2. The van der Waals surface area contributed by atoms with Crippen LogP contribution in [-0.2, 0) is 24.3 Å². The Bertz CT molecular complexity index is 1300. The number of alkyl halides is 3. The predicted molar refractivity (Wildman–Crippen MR) is 136 cm³/mol. The van der Waals surface area contributed by atoms with Crippen LogP contribution >= 0.6 is 0 Å². The molecule has 1 fully saturated rings. The lowest BCUT2D eigenvalue weighted by Gasteiger charge is -2.26. The first-order chi connectivity index (χ1) is 17.7. The maximum Gasteiger partial charge on any atom is 0.392 e. The molecule has 2 atom stereocenters. The number of hydrogen-bond acceptors (Lipinski definition) is 2. The van der Waals surface area contributed by atoms with E-state index in [0.29, 0.717) is 30.3 Å². The Balaban J connectivity index is 1.32. The average Bonchev–Trinajstić information content (AvgIpc) is 3.62. The van der Waals surface area contributed by atoms with Crippen LogP contribution in [0.3, 0.4) is 0 Å². The number of fused-ring (bicyclic) bond motifs is 1. The lowest BCUT2D eigenvalue weighted by Crippen LogP contribution is -2.34. The van der Waals surface area contributed by atoms with Crippen molar-refractivity contribution in [1.29, 1.82) is 0 Å². The van der Waals surface area contributed by atoms with Gasteiger partial charge in [0, 0.05) is 24.3 Å². The zero-order valence-corrected chi connectivity index (χ0v) is 20.6. The molecule has 3 aromatic rings. The molecule has 0 saturated heterocycles. The number of nitrogens with zero attached hydrogens (tertiary/aromatic N) is 1. The second-order valence-electron chi connectivity index (χ2n) is 10.2. The van der Waals surface area contributed by atoms with Crippen LogP contribution in [0.4, 0.5) is 18.9 Å². The molecule has 2 aliphatic rings. The van der Waals surface area contributed by atoms with Crippen molar-refractivity contribution in [3.8, 4) is 0 Å². The molecule has 2 amide bonds. The van der Waals surface area contributed by atoms with Gasteiger partial charge in [0.2, 0.25) is 5.91 Å². The van der Waals surface area contributed by atoms with Gasteiger partial charge in [-0.05, 0) is 65.6 Å². The molecule has 5 rings (SSSR count). The molecule has 0 bridgehead atoms. The van der Waals surface area contributed by atoms with Crippen LogP contribution in [0.15, 0.2) is 72.8 Å². The van der Waals surface area contributed by atoms with Crippen molar-refractivity contribution in [2.24, 2.45) is 11.8 Å². The molecular formula is C30H29F3N2O2. The SMILES string of the molecule is C[C@H]([C@H](C(=O)Nc1cccc(CC2CC2)c1)c1ccc(CN2Cc3ccccc3C2=O)cc1)C(F)(F)F. The van der Waals surface area contributed by atoms with Gasteiger partial charge >= 0.3 is 6.18 Å². The first-order valence-electron chi connectivity index (χ1n) is 12.6. The predicted octanol–water partition coefficient (Wildman–Crippen LogP) is 6.72. The average molecular weight is 507 g/mol. The van der Waals surface area contributed by atoms with Crippen LogP contribution in [0.5, 0.6) is 0 Å². The Morgan fingerprint density at radius 1 is 1.00 bits per heavy atom. The maximum atomic E-state index is 13.8. The smallest absolute Gasteiger partial charge is 0.330 e. The summed E-state index contributed by atoms with van der Waals surface area (Å²) < 4.78 is 41.4. The standard InChI is InChI=1S/C30H29F3N2O2/c1-19(30(31,32)33)27(28(36)34-25-7-4-5-22(16-25)15-20-9-10-20)23-13-11-21(12-14-23)17-35-18-24-6-2-3-8-26(24)29(35)37/h2-8,11-14,16,19-20,27H,9-10,15,17-18H2,1H3,(H,34,36)/t19-,27+/m1/s1. The molecule has 3 aromatic carbocycles. The Morgan fingerprint density at radius 2 is 1.73 bits per heavy atom. The first-order valence-corrected chi connectivity index (χ1v) is 12.6. The molecule has 0 radical (unpaired) electrons. The summed E-state index contributed by atoms with van der Waals surface area (Å²) in [5.41, 5.74) is 4.29. The van der Waals surface area contributed by atoms with Crippen molar-refractivity contribution in [3.63, 3.8) is 0 Å². The molecule has 7 heteroatoms. The molecule has 1 heterocycles. The van der Waals surface area contributed by atoms with E-state index in [1.165, 1.54) is 12.8 Å². The number of anilines is 1. The van der Waals surface area contributed by atoms with Crippen molar-refractivity contribution in [1.82, 2.24) is 4.90 Å². The molecule has 192 valence electrons. The lowest BCUT2D eigenvalue weighted by molar-refractivity contribution is -0.178. The quantitative estimate of drug-likeness (QED) is 0.369. The van der Waals surface area contributed by atoms with Gasteiger partial charge in [-0.25, -0.2) is 0 Å². The fraction of sp³-hybridized carbons (Fsp3) is 0.333. The highest BCUT2D eigenvalue weighted by molar-refractivity contribution is 5.98. The molecule has 0 spiro atoms. The normalized spacial score (nSPS) is 16.9. The van der Waals surface area contributed by atoms with Gasteiger partial charge in [-0.3, -0.25) is 9.59 Å². The molecule has 0 aromatic heterocycles. The largest absolute Gasteiger partial charge is 0.392 e. The van der Waals surface area contributed by atoms with E-state index >= 15 is 0 Å². The zero-order chi connectivity index (χ0) is 26.2. The molecule has 1 aliphatic heterocycles. The summed E-state index contributed by atoms with van der Waals surface area (Å²) >= 11 is 0. The second-order valence-corrected chi connectivity index (χ2v) is 10.2. The highest BCUT2D eigenvalue weighted by Gasteiger charge is 2.45. The Morgan fingerprint density at radius 3 is 2.41 bits per heavy atom. The minimum Gasteiger partial charge on any atom is -0.330 e. The lowest BCUT2D eigenvalue weighted by atomic mass is 9.85. The third kappa shape index (κ3) is 5.71. The van der Waals surface area contributed by atoms with Gasteiger partial charge in [-0.1, -0.05) is 61.5 Å². The maximum absolute atomic E-state index is 13.8. The van der Waals surface area contributed by atoms with Crippen LogP contribution < -0.4 is 5.32 Å². The van der Waals surface area contributed by atoms with Gasteiger partial charge in [0.1, 0.15) is 0 Å². The number of benzene rings is 3. The number of amides is 2. The Kier molecular flexibility index (Phi) is 6.80. The molecule has 4 nitrogen and oxygen atoms in total. The number of nitrogens with one attached hydrogen (secondary N) is 1. The first kappa shape index (κ1) is 25.1. The summed E-state index contributed by atoms with van der Waals surface area (Å²) in [4.78, 5) is 27.6. The van der Waals surface area contributed by atoms with Crippen LogP contribution in [0, 0.1) is 11.8 Å². The van der Waals surface area contributed by atoms with Crippen molar-refractivity contribution < 1.29 is 22.8 Å². The number of hydrogen-bond donors (Lipinski definition) is 1. The van der Waals surface area contributed by atoms with Crippen molar-refractivity contribution in [2.75, 3.05) is 5.32 Å². The summed E-state index contributed by atoms with van der Waals surface area (Å²) in [5, 5.41) is 2.72. The van der Waals surface area contributed by atoms with E-state index in [2.05, 4.69) is 5.32 Å². The summed E-state index contributed by atoms with van der Waals surface area (Å²) in [6.45, 7) is 1.88. The summed E-state index contributed by atoms with van der Waals surface area (Å²) in [6, 6.07) is 21.3. The van der Waals surface area contributed by atoms with Gasteiger partial charge in [0.05, 0.1) is 11.8 Å². The molecule has 1 N–H and O–H groups in total. The van der Waals surface area contributed by atoms with Crippen molar-refractivity contribution in [2.45, 2.75) is 51.4 Å². The van der Waals surface area contributed by atoms with Crippen molar-refractivity contribution in [3.05, 3.63) is 101 Å². The third-order valence-electron chi connectivity index (χ3n) is 7.32. The fourth-order valence-corrected chi connectivity index (χ4v) is 5.00. The van der Waals surface area contributed by atoms with E-state index in [9.17, 15) is 22.8 Å². The van der Waals surface area contributed by atoms with Gasteiger partial charge in [-0.2, -0.15) is 13.2 Å². The Labute approximate surface area is 214 Å². The van der Waals surface area contributed by atoms with Crippen LogP contribution in [0.25, 0.3) is 0 Å². The van der Waals surface area contributed by atoms with E-state index < -0.39 is 23.9 Å². The van der Waals surface area contributed by atoms with Crippen LogP contribution in [0.2, 0.25) is 0 Å². The highest BCUT2D eigenvalue weighted by atomic mass is 19.4. The molecule has 1 aliphatic carbocycles. The summed E-state index contributed by atoms with van der Waals surface area (Å²) in [6.07, 6.45) is -1.24. The zero-order valence-electron chi connectivity index (χ0n) is 20.6. The van der Waals surface area contributed by atoms with Crippen molar-refractivity contribution >= 4 is 17.5 Å². The van der Waals surface area contributed by atoms with E-state index in [1.807, 2.05) is 36.4 Å².